The summed E-state index contributed by atoms with van der Waals surface area (Å²) >= 11 is 0. The fourth-order valence-electron chi connectivity index (χ4n) is 3.15. The van der Waals surface area contributed by atoms with E-state index in [1.54, 1.807) is 0 Å². The van der Waals surface area contributed by atoms with Crippen molar-refractivity contribution in [1.82, 2.24) is 0 Å². The van der Waals surface area contributed by atoms with Gasteiger partial charge in [0, 0.05) is 5.56 Å². The average Bonchev–Trinajstić information content (AvgIpc) is 2.58. The first kappa shape index (κ1) is 18.2. The highest BCUT2D eigenvalue weighted by Gasteiger charge is 2.15. The molecule has 0 aliphatic heterocycles. The van der Waals surface area contributed by atoms with Crippen molar-refractivity contribution in [2.24, 2.45) is 0 Å². The predicted octanol–water partition coefficient (Wildman–Crippen LogP) is 3.48. The maximum Gasteiger partial charge on any atom is 0.394 e. The van der Waals surface area contributed by atoms with Gasteiger partial charge in [0.15, 0.2) is 6.29 Å². The van der Waals surface area contributed by atoms with Crippen molar-refractivity contribution in [1.29, 1.82) is 0 Å². The molecule has 0 bridgehead atoms. The molecule has 4 N–H and O–H groups in total. The second-order valence-corrected chi connectivity index (χ2v) is 6.61. The normalized spacial score (nSPS) is 11.7. The Hall–Kier alpha value is -2.55. The van der Waals surface area contributed by atoms with Crippen molar-refractivity contribution in [2.75, 3.05) is 0 Å². The Morgan fingerprint density at radius 1 is 0.692 bits per heavy atom. The number of fused-ring (bicyclic) bond motifs is 4. The summed E-state index contributed by atoms with van der Waals surface area (Å²) in [7, 11) is -4.67. The van der Waals surface area contributed by atoms with E-state index in [0.29, 0.717) is 5.56 Å². The standard InChI is InChI=1S/C19H14O2.H2O4S/c20-19(21)18-16-8-4-2-6-13(16)11-14-10-9-12-5-1-3-7-15(12)17(14)18;1-5(2,3)4/h1-11,19-21H;(H2,1,2,3,4). The Morgan fingerprint density at radius 2 is 1.19 bits per heavy atom. The van der Waals surface area contributed by atoms with Gasteiger partial charge in [-0.05, 0) is 38.4 Å². The van der Waals surface area contributed by atoms with Crippen LogP contribution in [0.1, 0.15) is 11.9 Å². The summed E-state index contributed by atoms with van der Waals surface area (Å²) in [6.07, 6.45) is -1.50. The summed E-state index contributed by atoms with van der Waals surface area (Å²) in [4.78, 5) is 0. The first-order chi connectivity index (χ1) is 12.3. The van der Waals surface area contributed by atoms with Gasteiger partial charge in [-0.2, -0.15) is 8.42 Å². The third kappa shape index (κ3) is 3.82. The molecule has 0 atom stereocenters. The lowest BCUT2D eigenvalue weighted by Gasteiger charge is -2.15. The highest BCUT2D eigenvalue weighted by Crippen LogP contribution is 2.36. The molecule has 0 heterocycles. The van der Waals surface area contributed by atoms with E-state index < -0.39 is 16.7 Å². The van der Waals surface area contributed by atoms with Gasteiger partial charge in [0.1, 0.15) is 0 Å². The first-order valence-electron chi connectivity index (χ1n) is 7.65. The van der Waals surface area contributed by atoms with Crippen LogP contribution in [-0.4, -0.2) is 27.7 Å². The van der Waals surface area contributed by atoms with E-state index in [4.69, 9.17) is 17.5 Å². The van der Waals surface area contributed by atoms with E-state index in [1.807, 2.05) is 54.6 Å². The van der Waals surface area contributed by atoms with Crippen LogP contribution < -0.4 is 0 Å². The monoisotopic (exact) mass is 372 g/mol. The Kier molecular flexibility index (Phi) is 4.90. The zero-order valence-electron chi connectivity index (χ0n) is 13.4. The van der Waals surface area contributed by atoms with Crippen LogP contribution in [0.25, 0.3) is 32.3 Å². The third-order valence-corrected chi connectivity index (χ3v) is 4.05. The van der Waals surface area contributed by atoms with Crippen molar-refractivity contribution in [2.45, 2.75) is 6.29 Å². The molecule has 0 unspecified atom stereocenters. The highest BCUT2D eigenvalue weighted by molar-refractivity contribution is 7.79. The molecule has 134 valence electrons. The van der Waals surface area contributed by atoms with E-state index in [-0.39, 0.29) is 0 Å². The van der Waals surface area contributed by atoms with Crippen LogP contribution in [-0.2, 0) is 10.4 Å². The third-order valence-electron chi connectivity index (χ3n) is 4.05. The molecule has 0 aliphatic rings. The van der Waals surface area contributed by atoms with Crippen molar-refractivity contribution in [3.8, 4) is 0 Å². The molecule has 0 saturated heterocycles. The lowest BCUT2D eigenvalue weighted by atomic mass is 9.92. The second-order valence-electron chi connectivity index (χ2n) is 5.72. The van der Waals surface area contributed by atoms with Crippen LogP contribution in [0.2, 0.25) is 0 Å². The van der Waals surface area contributed by atoms with Gasteiger partial charge in [0.2, 0.25) is 0 Å². The summed E-state index contributed by atoms with van der Waals surface area (Å²) in [5.41, 5.74) is 0.583. The van der Waals surface area contributed by atoms with Gasteiger partial charge < -0.3 is 10.2 Å². The molecule has 0 spiro atoms. The molecular formula is C19H16O6S. The summed E-state index contributed by atoms with van der Waals surface area (Å²) in [5, 5.41) is 25.9. The molecule has 6 nitrogen and oxygen atoms in total. The number of hydrogen-bond acceptors (Lipinski definition) is 4. The van der Waals surface area contributed by atoms with Crippen LogP contribution >= 0.6 is 0 Å². The zero-order chi connectivity index (χ0) is 18.9. The number of aliphatic hydroxyl groups excluding tert-OH is 1. The smallest absolute Gasteiger partial charge is 0.364 e. The highest BCUT2D eigenvalue weighted by atomic mass is 32.3. The van der Waals surface area contributed by atoms with E-state index in [2.05, 4.69) is 12.1 Å². The lowest BCUT2D eigenvalue weighted by molar-refractivity contribution is -0.0401. The van der Waals surface area contributed by atoms with Crippen molar-refractivity contribution < 1.29 is 27.7 Å². The first-order valence-corrected chi connectivity index (χ1v) is 9.04. The topological polar surface area (TPSA) is 115 Å². The van der Waals surface area contributed by atoms with Gasteiger partial charge in [-0.1, -0.05) is 60.7 Å². The predicted molar refractivity (Wildman–Crippen MR) is 100 cm³/mol. The van der Waals surface area contributed by atoms with Gasteiger partial charge in [-0.3, -0.25) is 9.11 Å². The van der Waals surface area contributed by atoms with Crippen LogP contribution in [0.15, 0.2) is 66.7 Å². The molecule has 4 aromatic carbocycles. The van der Waals surface area contributed by atoms with E-state index >= 15 is 0 Å². The SMILES string of the molecule is O=S(=O)(O)O.OC(O)c1c2ccccc2cc2ccc3ccccc3c12. The van der Waals surface area contributed by atoms with Crippen molar-refractivity contribution in [3.63, 3.8) is 0 Å². The Labute approximate surface area is 149 Å². The molecule has 0 aromatic heterocycles. The van der Waals surface area contributed by atoms with Gasteiger partial charge in [-0.25, -0.2) is 0 Å². The maximum atomic E-state index is 9.93. The van der Waals surface area contributed by atoms with E-state index in [0.717, 1.165) is 32.3 Å². The molecule has 7 heteroatoms. The molecule has 0 fully saturated rings. The summed E-state index contributed by atoms with van der Waals surface area (Å²) in [6, 6.07) is 22.1. The molecule has 0 radical (unpaired) electrons. The zero-order valence-corrected chi connectivity index (χ0v) is 14.3. The van der Waals surface area contributed by atoms with Crippen LogP contribution in [0.4, 0.5) is 0 Å². The van der Waals surface area contributed by atoms with Crippen molar-refractivity contribution >= 4 is 42.7 Å². The molecular weight excluding hydrogens is 356 g/mol. The second kappa shape index (κ2) is 6.99. The number of benzene rings is 4. The number of rotatable bonds is 1. The summed E-state index contributed by atoms with van der Waals surface area (Å²) in [5.74, 6) is 0. The lowest BCUT2D eigenvalue weighted by Crippen LogP contribution is -1.98. The van der Waals surface area contributed by atoms with Crippen molar-refractivity contribution in [3.05, 3.63) is 72.3 Å². The molecule has 26 heavy (non-hydrogen) atoms. The van der Waals surface area contributed by atoms with E-state index in [9.17, 15) is 10.2 Å². The minimum atomic E-state index is -4.67. The quantitative estimate of drug-likeness (QED) is 0.176. The molecule has 4 rings (SSSR count). The average molecular weight is 372 g/mol. The Bertz CT molecular complexity index is 1190. The minimum Gasteiger partial charge on any atom is -0.364 e. The molecule has 0 amide bonds. The molecule has 0 saturated carbocycles. The Morgan fingerprint density at radius 3 is 1.81 bits per heavy atom. The van der Waals surface area contributed by atoms with Crippen LogP contribution in [0, 0.1) is 0 Å². The number of aliphatic hydroxyl groups is 2. The van der Waals surface area contributed by atoms with Crippen LogP contribution in [0.3, 0.4) is 0 Å². The van der Waals surface area contributed by atoms with Crippen LogP contribution in [0.5, 0.6) is 0 Å². The summed E-state index contributed by atoms with van der Waals surface area (Å²) < 4.78 is 31.6. The van der Waals surface area contributed by atoms with Gasteiger partial charge >= 0.3 is 10.4 Å². The summed E-state index contributed by atoms with van der Waals surface area (Å²) in [6.45, 7) is 0. The largest absolute Gasteiger partial charge is 0.394 e. The van der Waals surface area contributed by atoms with Gasteiger partial charge in [0.25, 0.3) is 0 Å². The maximum absolute atomic E-state index is 9.93. The fourth-order valence-corrected chi connectivity index (χ4v) is 3.15. The van der Waals surface area contributed by atoms with Gasteiger partial charge in [0.05, 0.1) is 0 Å². The minimum absolute atomic E-state index is 0.583. The molecule has 0 aliphatic carbocycles. The number of hydrogen-bond donors (Lipinski definition) is 4. The molecule has 4 aromatic rings. The fraction of sp³-hybridized carbons (Fsp3) is 0.0526. The van der Waals surface area contributed by atoms with Gasteiger partial charge in [-0.15, -0.1) is 0 Å². The van der Waals surface area contributed by atoms with E-state index in [1.165, 1.54) is 0 Å². The Balaban J connectivity index is 0.000000349.